The quantitative estimate of drug-likeness (QED) is 0.608. The minimum atomic E-state index is -2.88. The fraction of sp³-hybridized carbons (Fsp3) is 0.286. The molecular formula is C21H17ClF3N5. The Kier molecular flexibility index (Phi) is 4.36. The van der Waals surface area contributed by atoms with E-state index in [1.165, 1.54) is 18.3 Å². The summed E-state index contributed by atoms with van der Waals surface area (Å²) in [5, 5.41) is 4.30. The number of hydrogen-bond acceptors (Lipinski definition) is 5. The lowest BCUT2D eigenvalue weighted by atomic mass is 9.82. The fourth-order valence-electron chi connectivity index (χ4n) is 4.41. The van der Waals surface area contributed by atoms with Gasteiger partial charge in [-0.05, 0) is 48.6 Å². The number of rotatable bonds is 4. The van der Waals surface area contributed by atoms with Crippen LogP contribution in [-0.2, 0) is 5.54 Å². The van der Waals surface area contributed by atoms with E-state index in [4.69, 9.17) is 17.3 Å². The molecule has 5 nitrogen and oxygen atoms in total. The molecule has 2 aliphatic rings. The molecule has 30 heavy (non-hydrogen) atoms. The number of aromatic nitrogens is 2. The van der Waals surface area contributed by atoms with Gasteiger partial charge < -0.3 is 11.1 Å². The summed E-state index contributed by atoms with van der Waals surface area (Å²) in [5.74, 6) is -0.594. The van der Waals surface area contributed by atoms with Gasteiger partial charge in [0.25, 0.3) is 6.43 Å². The molecule has 1 aliphatic carbocycles. The van der Waals surface area contributed by atoms with Gasteiger partial charge in [-0.2, -0.15) is 0 Å². The highest BCUT2D eigenvalue weighted by atomic mass is 35.5. The number of nitrogens with one attached hydrogen (secondary N) is 1. The van der Waals surface area contributed by atoms with Gasteiger partial charge in [0.1, 0.15) is 11.3 Å². The maximum absolute atomic E-state index is 14.8. The van der Waals surface area contributed by atoms with E-state index in [9.17, 15) is 13.2 Å². The van der Waals surface area contributed by atoms with Crippen molar-refractivity contribution in [1.82, 2.24) is 9.97 Å². The molecule has 3 heterocycles. The molecule has 5 rings (SSSR count). The highest BCUT2D eigenvalue weighted by molar-refractivity contribution is 6.31. The molecule has 2 aromatic heterocycles. The van der Waals surface area contributed by atoms with Crippen molar-refractivity contribution >= 4 is 39.8 Å². The van der Waals surface area contributed by atoms with Crippen LogP contribution in [0, 0.1) is 17.7 Å². The second-order valence-corrected chi connectivity index (χ2v) is 8.18. The number of halogens is 4. The largest absolute Gasteiger partial charge is 0.387 e. The molecule has 0 unspecified atom stereocenters. The van der Waals surface area contributed by atoms with Gasteiger partial charge in [-0.1, -0.05) is 11.6 Å². The Labute approximate surface area is 175 Å². The Morgan fingerprint density at radius 1 is 1.20 bits per heavy atom. The zero-order valence-electron chi connectivity index (χ0n) is 15.6. The molecule has 0 radical (unpaired) electrons. The number of anilines is 2. The van der Waals surface area contributed by atoms with Gasteiger partial charge in [0.15, 0.2) is 11.4 Å². The van der Waals surface area contributed by atoms with Gasteiger partial charge in [-0.15, -0.1) is 0 Å². The van der Waals surface area contributed by atoms with Gasteiger partial charge in [0.2, 0.25) is 0 Å². The topological polar surface area (TPSA) is 76.2 Å². The van der Waals surface area contributed by atoms with Crippen LogP contribution >= 0.6 is 11.6 Å². The van der Waals surface area contributed by atoms with Gasteiger partial charge in [-0.3, -0.25) is 9.98 Å². The Balaban J connectivity index is 1.59. The summed E-state index contributed by atoms with van der Waals surface area (Å²) in [7, 11) is 0. The monoisotopic (exact) mass is 431 g/mol. The van der Waals surface area contributed by atoms with Crippen molar-refractivity contribution in [2.45, 2.75) is 24.8 Å². The van der Waals surface area contributed by atoms with Crippen molar-refractivity contribution in [3.8, 4) is 0 Å². The molecule has 3 atom stereocenters. The van der Waals surface area contributed by atoms with Crippen LogP contribution in [0.1, 0.15) is 18.4 Å². The molecule has 0 spiro atoms. The summed E-state index contributed by atoms with van der Waals surface area (Å²) in [6, 6.07) is 7.50. The molecule has 9 heteroatoms. The summed E-state index contributed by atoms with van der Waals surface area (Å²) in [6.45, 7) is 0. The molecular weight excluding hydrogens is 415 g/mol. The van der Waals surface area contributed by atoms with Crippen LogP contribution in [0.15, 0.2) is 47.7 Å². The zero-order valence-corrected chi connectivity index (χ0v) is 16.4. The maximum atomic E-state index is 14.8. The van der Waals surface area contributed by atoms with Crippen molar-refractivity contribution < 1.29 is 13.2 Å². The number of amidine groups is 1. The fourth-order valence-corrected chi connectivity index (χ4v) is 4.57. The van der Waals surface area contributed by atoms with E-state index < -0.39 is 23.7 Å². The average molecular weight is 432 g/mol. The van der Waals surface area contributed by atoms with Gasteiger partial charge >= 0.3 is 0 Å². The van der Waals surface area contributed by atoms with E-state index in [-0.39, 0.29) is 17.3 Å². The average Bonchev–Trinajstić information content (AvgIpc) is 3.48. The van der Waals surface area contributed by atoms with E-state index >= 15 is 0 Å². The lowest BCUT2D eigenvalue weighted by Crippen LogP contribution is -2.41. The first-order chi connectivity index (χ1) is 14.4. The predicted molar refractivity (Wildman–Crippen MR) is 110 cm³/mol. The Morgan fingerprint density at radius 3 is 2.83 bits per heavy atom. The minimum absolute atomic E-state index is 0.0150. The molecule has 1 aromatic carbocycles. The van der Waals surface area contributed by atoms with E-state index in [2.05, 4.69) is 20.3 Å². The zero-order chi connectivity index (χ0) is 21.0. The van der Waals surface area contributed by atoms with Crippen LogP contribution in [-0.4, -0.2) is 22.2 Å². The second kappa shape index (κ2) is 6.84. The Morgan fingerprint density at radius 2 is 2.03 bits per heavy atom. The highest BCUT2D eigenvalue weighted by Crippen LogP contribution is 2.60. The lowest BCUT2D eigenvalue weighted by molar-refractivity contribution is 0.0322. The number of aliphatic imine (C=N–C) groups is 1. The third-order valence-electron chi connectivity index (χ3n) is 5.85. The van der Waals surface area contributed by atoms with Gasteiger partial charge in [0, 0.05) is 35.5 Å². The third-order valence-corrected chi connectivity index (χ3v) is 6.05. The minimum Gasteiger partial charge on any atom is -0.387 e. The Hall–Kier alpha value is -2.87. The molecule has 154 valence electrons. The maximum Gasteiger partial charge on any atom is 0.267 e. The van der Waals surface area contributed by atoms with Crippen molar-refractivity contribution in [3.05, 3.63) is 59.1 Å². The smallest absolute Gasteiger partial charge is 0.267 e. The number of alkyl halides is 2. The molecule has 3 N–H and O–H groups in total. The number of nitrogens with two attached hydrogens (primary N) is 1. The normalized spacial score (nSPS) is 25.2. The van der Waals surface area contributed by atoms with Crippen LogP contribution < -0.4 is 11.1 Å². The van der Waals surface area contributed by atoms with E-state index in [1.54, 1.807) is 18.3 Å². The van der Waals surface area contributed by atoms with Crippen LogP contribution in [0.3, 0.4) is 0 Å². The number of benzene rings is 1. The van der Waals surface area contributed by atoms with Crippen LogP contribution in [0.5, 0.6) is 0 Å². The Bertz CT molecular complexity index is 1180. The summed E-state index contributed by atoms with van der Waals surface area (Å²) in [4.78, 5) is 12.7. The summed E-state index contributed by atoms with van der Waals surface area (Å²) in [5.41, 5.74) is 4.67. The first-order valence-corrected chi connectivity index (χ1v) is 9.86. The molecule has 0 saturated heterocycles. The molecule has 1 saturated carbocycles. The number of hydrogen-bond donors (Lipinski definition) is 2. The van der Waals surface area contributed by atoms with Crippen molar-refractivity contribution in [1.29, 1.82) is 0 Å². The van der Waals surface area contributed by atoms with Crippen LogP contribution in [0.2, 0.25) is 5.02 Å². The van der Waals surface area contributed by atoms with E-state index in [1.807, 2.05) is 0 Å². The molecule has 0 amide bonds. The van der Waals surface area contributed by atoms with Crippen molar-refractivity contribution in [3.63, 3.8) is 0 Å². The number of pyridine rings is 2. The van der Waals surface area contributed by atoms with Gasteiger partial charge in [0.05, 0.1) is 10.9 Å². The SMILES string of the molecule is NC1=N[C@@](c2cc(Nc3nccc4cc(Cl)cnc34)ccc2F)(C(F)F)[C@H]2C[C@H]2C1. The predicted octanol–water partition coefficient (Wildman–Crippen LogP) is 5.02. The molecule has 3 aromatic rings. The second-order valence-electron chi connectivity index (χ2n) is 7.74. The van der Waals surface area contributed by atoms with Crippen LogP contribution in [0.25, 0.3) is 10.9 Å². The standard InChI is InChI=1S/C21H17ClF3N5/c22-12-5-10-3-4-27-19(18(10)28-9-12)29-13-1-2-16(23)15(8-13)21(20(24)25)14-6-11(14)7-17(26)30-21/h1-5,8-9,11,14,20H,6-7H2,(H2,26,30)(H,27,29)/t11-,14-,21-/m0/s1. The van der Waals surface area contributed by atoms with Crippen LogP contribution in [0.4, 0.5) is 24.7 Å². The summed E-state index contributed by atoms with van der Waals surface area (Å²) < 4.78 is 43.4. The summed E-state index contributed by atoms with van der Waals surface area (Å²) in [6.07, 6.45) is 1.23. The first kappa shape index (κ1) is 19.1. The highest BCUT2D eigenvalue weighted by Gasteiger charge is 2.62. The van der Waals surface area contributed by atoms with Gasteiger partial charge in [-0.25, -0.2) is 18.2 Å². The third kappa shape index (κ3) is 2.98. The van der Waals surface area contributed by atoms with Crippen molar-refractivity contribution in [2.75, 3.05) is 5.32 Å². The molecule has 1 fully saturated rings. The van der Waals surface area contributed by atoms with E-state index in [0.29, 0.717) is 34.9 Å². The number of fused-ring (bicyclic) bond motifs is 2. The van der Waals surface area contributed by atoms with Crippen molar-refractivity contribution in [2.24, 2.45) is 22.6 Å². The molecule has 0 bridgehead atoms. The first-order valence-electron chi connectivity index (χ1n) is 9.48. The number of nitrogens with zero attached hydrogens (tertiary/aromatic N) is 3. The summed E-state index contributed by atoms with van der Waals surface area (Å²) >= 11 is 5.99. The molecule has 1 aliphatic heterocycles. The van der Waals surface area contributed by atoms with E-state index in [0.717, 1.165) is 11.5 Å². The lowest BCUT2D eigenvalue weighted by Gasteiger charge is -2.34.